The van der Waals surface area contributed by atoms with E-state index in [9.17, 15) is 19.5 Å². The number of carbonyl (C=O) groups excluding carboxylic acids is 3. The third kappa shape index (κ3) is 4.75. The van der Waals surface area contributed by atoms with Crippen molar-refractivity contribution in [3.05, 3.63) is 106 Å². The minimum atomic E-state index is -0.960. The Morgan fingerprint density at radius 3 is 2.36 bits per heavy atom. The van der Waals surface area contributed by atoms with Crippen molar-refractivity contribution in [2.45, 2.75) is 26.0 Å². The van der Waals surface area contributed by atoms with Gasteiger partial charge in [0.2, 0.25) is 5.78 Å². The van der Waals surface area contributed by atoms with Crippen LogP contribution in [-0.4, -0.2) is 36.0 Å². The van der Waals surface area contributed by atoms with E-state index in [1.54, 1.807) is 68.4 Å². The first-order valence-electron chi connectivity index (χ1n) is 12.1. The number of methoxy groups -OCH3 is 1. The lowest BCUT2D eigenvalue weighted by molar-refractivity contribution is -0.117. The van der Waals surface area contributed by atoms with Crippen LogP contribution in [-0.2, 0) is 9.53 Å². The van der Waals surface area contributed by atoms with Crippen molar-refractivity contribution in [3.8, 4) is 5.75 Å². The zero-order valence-corrected chi connectivity index (χ0v) is 22.1. The van der Waals surface area contributed by atoms with E-state index in [0.29, 0.717) is 38.6 Å². The highest BCUT2D eigenvalue weighted by Crippen LogP contribution is 2.43. The lowest BCUT2D eigenvalue weighted by Gasteiger charge is -2.27. The van der Waals surface area contributed by atoms with Gasteiger partial charge in [0.15, 0.2) is 22.9 Å². The predicted molar refractivity (Wildman–Crippen MR) is 145 cm³/mol. The summed E-state index contributed by atoms with van der Waals surface area (Å²) in [4.78, 5) is 40.9. The van der Waals surface area contributed by atoms with E-state index in [0.717, 1.165) is 0 Å². The van der Waals surface area contributed by atoms with Gasteiger partial charge in [0.1, 0.15) is 0 Å². The maximum Gasteiger partial charge on any atom is 0.338 e. The summed E-state index contributed by atoms with van der Waals surface area (Å²) in [6.45, 7) is 3.50. The molecular formula is C30H24ClNO7. The smallest absolute Gasteiger partial charge is 0.338 e. The van der Waals surface area contributed by atoms with Crippen LogP contribution in [0.5, 0.6) is 5.75 Å². The summed E-state index contributed by atoms with van der Waals surface area (Å²) < 4.78 is 16.4. The van der Waals surface area contributed by atoms with Gasteiger partial charge in [0.25, 0.3) is 5.91 Å². The minimum absolute atomic E-state index is 0.0884. The number of amides is 1. The zero-order chi connectivity index (χ0) is 27.8. The van der Waals surface area contributed by atoms with Crippen LogP contribution in [0.15, 0.2) is 88.5 Å². The molecule has 1 atom stereocenters. The number of benzene rings is 3. The number of anilines is 1. The van der Waals surface area contributed by atoms with Crippen LogP contribution in [0.25, 0.3) is 11.0 Å². The van der Waals surface area contributed by atoms with Gasteiger partial charge in [-0.1, -0.05) is 41.9 Å². The SMILES string of the molecule is COc1cc(Cl)cc2cc(C(=O)C3=C(O)C(=O)N(c4ccc(C(=O)OC(C)C)cc4)C3c3ccccc3)oc12. The Bertz CT molecular complexity index is 1620. The van der Waals surface area contributed by atoms with E-state index in [2.05, 4.69) is 0 Å². The first-order chi connectivity index (χ1) is 18.7. The highest BCUT2D eigenvalue weighted by Gasteiger charge is 2.45. The van der Waals surface area contributed by atoms with Gasteiger partial charge in [-0.15, -0.1) is 0 Å². The van der Waals surface area contributed by atoms with Gasteiger partial charge in [0.05, 0.1) is 30.4 Å². The van der Waals surface area contributed by atoms with Crippen LogP contribution < -0.4 is 9.64 Å². The summed E-state index contributed by atoms with van der Waals surface area (Å²) in [5.41, 5.74) is 1.45. The quantitative estimate of drug-likeness (QED) is 0.210. The summed E-state index contributed by atoms with van der Waals surface area (Å²) in [6, 6.07) is 18.8. The maximum absolute atomic E-state index is 13.8. The van der Waals surface area contributed by atoms with Gasteiger partial charge in [0, 0.05) is 22.2 Å². The Labute approximate surface area is 229 Å². The van der Waals surface area contributed by atoms with Gasteiger partial charge in [-0.3, -0.25) is 14.5 Å². The number of ketones is 1. The molecule has 39 heavy (non-hydrogen) atoms. The molecule has 0 spiro atoms. The normalized spacial score (nSPS) is 15.4. The second-order valence-electron chi connectivity index (χ2n) is 9.22. The second-order valence-corrected chi connectivity index (χ2v) is 9.65. The molecule has 8 nitrogen and oxygen atoms in total. The Morgan fingerprint density at radius 2 is 1.72 bits per heavy atom. The summed E-state index contributed by atoms with van der Waals surface area (Å²) in [5.74, 6) is -2.36. The molecule has 0 fully saturated rings. The van der Waals surface area contributed by atoms with Gasteiger partial charge >= 0.3 is 5.97 Å². The Morgan fingerprint density at radius 1 is 1.03 bits per heavy atom. The number of carbonyl (C=O) groups is 3. The number of aliphatic hydroxyl groups is 1. The molecule has 0 radical (unpaired) electrons. The Kier molecular flexibility index (Phi) is 6.89. The summed E-state index contributed by atoms with van der Waals surface area (Å²) in [5, 5.41) is 11.9. The largest absolute Gasteiger partial charge is 0.503 e. The van der Waals surface area contributed by atoms with Crippen molar-refractivity contribution in [1.82, 2.24) is 0 Å². The number of rotatable bonds is 7. The van der Waals surface area contributed by atoms with Crippen molar-refractivity contribution >= 4 is 45.9 Å². The molecule has 4 aromatic rings. The first kappa shape index (κ1) is 26.1. The molecule has 0 bridgehead atoms. The van der Waals surface area contributed by atoms with Crippen molar-refractivity contribution in [3.63, 3.8) is 0 Å². The molecule has 0 saturated carbocycles. The molecule has 5 rings (SSSR count). The van der Waals surface area contributed by atoms with Gasteiger partial charge in [-0.05, 0) is 55.8 Å². The Hall–Kier alpha value is -4.56. The van der Waals surface area contributed by atoms with Gasteiger partial charge < -0.3 is 19.0 Å². The fraction of sp³-hybridized carbons (Fsp3) is 0.167. The number of hydrogen-bond acceptors (Lipinski definition) is 7. The molecular weight excluding hydrogens is 522 g/mol. The monoisotopic (exact) mass is 545 g/mol. The highest BCUT2D eigenvalue weighted by atomic mass is 35.5. The van der Waals surface area contributed by atoms with Crippen molar-refractivity contribution in [1.29, 1.82) is 0 Å². The first-order valence-corrected chi connectivity index (χ1v) is 12.5. The highest BCUT2D eigenvalue weighted by molar-refractivity contribution is 6.31. The van der Waals surface area contributed by atoms with Crippen LogP contribution in [0.4, 0.5) is 5.69 Å². The Balaban J connectivity index is 1.58. The van der Waals surface area contributed by atoms with Gasteiger partial charge in [-0.2, -0.15) is 0 Å². The topological polar surface area (TPSA) is 106 Å². The summed E-state index contributed by atoms with van der Waals surface area (Å²) in [6.07, 6.45) is -0.288. The van der Waals surface area contributed by atoms with E-state index >= 15 is 0 Å². The van der Waals surface area contributed by atoms with E-state index in [1.165, 1.54) is 30.2 Å². The van der Waals surface area contributed by atoms with Crippen LogP contribution >= 0.6 is 11.6 Å². The number of Topliss-reactive ketones (excluding diaryl/α,β-unsaturated/α-hetero) is 1. The predicted octanol–water partition coefficient (Wildman–Crippen LogP) is 6.44. The molecule has 3 aromatic carbocycles. The minimum Gasteiger partial charge on any atom is -0.503 e. The molecule has 2 heterocycles. The molecule has 1 aromatic heterocycles. The number of nitrogens with zero attached hydrogens (tertiary/aromatic N) is 1. The lowest BCUT2D eigenvalue weighted by atomic mass is 9.94. The van der Waals surface area contributed by atoms with E-state index in [-0.39, 0.29) is 17.4 Å². The van der Waals surface area contributed by atoms with Gasteiger partial charge in [-0.25, -0.2) is 4.79 Å². The number of furan rings is 1. The zero-order valence-electron chi connectivity index (χ0n) is 21.3. The number of fused-ring (bicyclic) bond motifs is 1. The molecule has 0 saturated heterocycles. The molecule has 198 valence electrons. The van der Waals surface area contributed by atoms with Crippen molar-refractivity contribution in [2.75, 3.05) is 12.0 Å². The molecule has 0 aliphatic carbocycles. The second kappa shape index (κ2) is 10.3. The summed E-state index contributed by atoms with van der Waals surface area (Å²) >= 11 is 6.17. The van der Waals surface area contributed by atoms with Crippen LogP contribution in [0.1, 0.15) is 46.4 Å². The van der Waals surface area contributed by atoms with E-state index in [1.807, 2.05) is 0 Å². The third-order valence-corrected chi connectivity index (χ3v) is 6.50. The van der Waals surface area contributed by atoms with Crippen molar-refractivity contribution < 1.29 is 33.4 Å². The van der Waals surface area contributed by atoms with E-state index in [4.69, 9.17) is 25.5 Å². The summed E-state index contributed by atoms with van der Waals surface area (Å²) in [7, 11) is 1.45. The maximum atomic E-state index is 13.8. The standard InChI is InChI=1S/C30H24ClNO7/c1-16(2)38-30(36)18-9-11-21(12-10-18)32-25(17-7-5-4-6-8-17)24(27(34)29(32)35)26(33)22-14-19-13-20(31)15-23(37-3)28(19)39-22/h4-16,25,34H,1-3H3. The molecule has 1 N–H and O–H groups in total. The van der Waals surface area contributed by atoms with Crippen LogP contribution in [0.2, 0.25) is 5.02 Å². The average Bonchev–Trinajstić information content (AvgIpc) is 3.46. The van der Waals surface area contributed by atoms with Crippen LogP contribution in [0, 0.1) is 0 Å². The average molecular weight is 546 g/mol. The lowest BCUT2D eigenvalue weighted by Crippen LogP contribution is -2.31. The molecule has 1 unspecified atom stereocenters. The van der Waals surface area contributed by atoms with Crippen molar-refractivity contribution in [2.24, 2.45) is 0 Å². The third-order valence-electron chi connectivity index (χ3n) is 6.28. The fourth-order valence-electron chi connectivity index (χ4n) is 4.58. The number of halogens is 1. The number of hydrogen-bond donors (Lipinski definition) is 1. The number of ether oxygens (including phenoxy) is 2. The number of esters is 1. The molecule has 1 aliphatic rings. The van der Waals surface area contributed by atoms with Crippen LogP contribution in [0.3, 0.4) is 0 Å². The number of aliphatic hydroxyl groups excluding tert-OH is 1. The van der Waals surface area contributed by atoms with E-state index < -0.39 is 29.5 Å². The molecule has 1 amide bonds. The fourth-order valence-corrected chi connectivity index (χ4v) is 4.79. The molecule has 9 heteroatoms. The molecule has 1 aliphatic heterocycles.